The van der Waals surface area contributed by atoms with Crippen molar-refractivity contribution in [3.8, 4) is 11.5 Å². The Bertz CT molecular complexity index is 694. The minimum Gasteiger partial charge on any atom is -0.454 e. The van der Waals surface area contributed by atoms with Crippen molar-refractivity contribution in [2.75, 3.05) is 13.3 Å². The van der Waals surface area contributed by atoms with Gasteiger partial charge in [-0.15, -0.1) is 0 Å². The summed E-state index contributed by atoms with van der Waals surface area (Å²) in [7, 11) is 2.01. The summed E-state index contributed by atoms with van der Waals surface area (Å²) in [5.74, 6) is 1.70. The molecule has 2 aromatic rings. The Morgan fingerprint density at radius 3 is 2.74 bits per heavy atom. The summed E-state index contributed by atoms with van der Waals surface area (Å²) >= 11 is 0. The number of hydrogen-bond donors (Lipinski definition) is 1. The van der Waals surface area contributed by atoms with E-state index >= 15 is 0 Å². The molecule has 0 unspecified atom stereocenters. The van der Waals surface area contributed by atoms with Gasteiger partial charge in [0.15, 0.2) is 11.5 Å². The Morgan fingerprint density at radius 1 is 1.26 bits per heavy atom. The zero-order chi connectivity index (χ0) is 16.4. The van der Waals surface area contributed by atoms with Gasteiger partial charge in [-0.1, -0.05) is 13.0 Å². The molecule has 5 nitrogen and oxygen atoms in total. The fourth-order valence-corrected chi connectivity index (χ4v) is 3.23. The lowest BCUT2D eigenvalue weighted by molar-refractivity contribution is 0.174. The molecule has 0 amide bonds. The van der Waals surface area contributed by atoms with Gasteiger partial charge in [0.1, 0.15) is 0 Å². The van der Waals surface area contributed by atoms with E-state index in [1.54, 1.807) is 0 Å². The van der Waals surface area contributed by atoms with Crippen LogP contribution in [0.4, 0.5) is 0 Å². The second-order valence-electron chi connectivity index (χ2n) is 6.06. The molecule has 0 aliphatic carbocycles. The number of rotatable bonds is 6. The van der Waals surface area contributed by atoms with Gasteiger partial charge in [-0.25, -0.2) is 0 Å². The molecule has 2 heterocycles. The summed E-state index contributed by atoms with van der Waals surface area (Å²) in [6, 6.07) is 6.52. The van der Waals surface area contributed by atoms with E-state index in [4.69, 9.17) is 9.47 Å². The average molecular weight is 315 g/mol. The van der Waals surface area contributed by atoms with E-state index in [2.05, 4.69) is 43.3 Å². The fourth-order valence-electron chi connectivity index (χ4n) is 3.23. The maximum atomic E-state index is 5.44. The summed E-state index contributed by atoms with van der Waals surface area (Å²) in [6.45, 7) is 7.69. The van der Waals surface area contributed by atoms with E-state index in [-0.39, 0.29) is 0 Å². The van der Waals surface area contributed by atoms with Crippen LogP contribution in [0, 0.1) is 13.8 Å². The highest BCUT2D eigenvalue weighted by atomic mass is 16.7. The molecule has 0 radical (unpaired) electrons. The number of aryl methyl sites for hydroxylation is 2. The minimum absolute atomic E-state index is 0.328. The average Bonchev–Trinajstić information content (AvgIpc) is 3.09. The molecule has 1 aliphatic heterocycles. The van der Waals surface area contributed by atoms with Crippen LogP contribution in [0.3, 0.4) is 0 Å². The van der Waals surface area contributed by atoms with Crippen LogP contribution in [-0.4, -0.2) is 23.1 Å². The van der Waals surface area contributed by atoms with E-state index in [1.165, 1.54) is 16.8 Å². The lowest BCUT2D eigenvalue weighted by atomic mass is 10.0. The third kappa shape index (κ3) is 3.20. The third-order valence-corrected chi connectivity index (χ3v) is 4.56. The molecule has 1 N–H and O–H groups in total. The second-order valence-corrected chi connectivity index (χ2v) is 6.06. The van der Waals surface area contributed by atoms with Gasteiger partial charge in [-0.3, -0.25) is 4.68 Å². The van der Waals surface area contributed by atoms with Crippen molar-refractivity contribution in [2.45, 2.75) is 39.7 Å². The number of ether oxygens (including phenoxy) is 2. The first-order valence-corrected chi connectivity index (χ1v) is 8.22. The Hall–Kier alpha value is -2.01. The molecule has 0 saturated heterocycles. The highest BCUT2D eigenvalue weighted by molar-refractivity contribution is 5.44. The molecule has 5 heteroatoms. The molecule has 0 spiro atoms. The van der Waals surface area contributed by atoms with Gasteiger partial charge in [0.05, 0.1) is 5.69 Å². The fraction of sp³-hybridized carbons (Fsp3) is 0.500. The summed E-state index contributed by atoms with van der Waals surface area (Å²) in [5, 5.41) is 8.20. The predicted octanol–water partition coefficient (Wildman–Crippen LogP) is 3.05. The maximum absolute atomic E-state index is 5.44. The monoisotopic (exact) mass is 315 g/mol. The Kier molecular flexibility index (Phi) is 4.57. The number of benzene rings is 1. The van der Waals surface area contributed by atoms with Crippen molar-refractivity contribution in [3.05, 3.63) is 40.7 Å². The van der Waals surface area contributed by atoms with E-state index in [0.29, 0.717) is 12.8 Å². The molecule has 3 rings (SSSR count). The van der Waals surface area contributed by atoms with Crippen LogP contribution >= 0.6 is 0 Å². The minimum atomic E-state index is 0.328. The van der Waals surface area contributed by atoms with Crippen LogP contribution in [0.5, 0.6) is 11.5 Å². The first-order valence-electron chi connectivity index (χ1n) is 8.22. The highest BCUT2D eigenvalue weighted by Crippen LogP contribution is 2.32. The molecule has 1 aromatic carbocycles. The van der Waals surface area contributed by atoms with E-state index in [9.17, 15) is 0 Å². The van der Waals surface area contributed by atoms with Crippen LogP contribution in [0.15, 0.2) is 18.2 Å². The molecule has 0 bridgehead atoms. The zero-order valence-corrected chi connectivity index (χ0v) is 14.3. The van der Waals surface area contributed by atoms with Crippen LogP contribution in [0.25, 0.3) is 0 Å². The van der Waals surface area contributed by atoms with Crippen LogP contribution < -0.4 is 14.8 Å². The first-order chi connectivity index (χ1) is 11.1. The van der Waals surface area contributed by atoms with Crippen molar-refractivity contribution in [1.82, 2.24) is 15.1 Å². The van der Waals surface area contributed by atoms with Gasteiger partial charge in [0, 0.05) is 24.3 Å². The van der Waals surface area contributed by atoms with Crippen molar-refractivity contribution in [3.63, 3.8) is 0 Å². The van der Waals surface area contributed by atoms with E-state index < -0.39 is 0 Å². The normalized spacial score (nSPS) is 14.3. The second kappa shape index (κ2) is 6.62. The number of aromatic nitrogens is 2. The summed E-state index contributed by atoms with van der Waals surface area (Å²) in [5.41, 5.74) is 4.95. The number of hydrogen-bond acceptors (Lipinski definition) is 4. The summed E-state index contributed by atoms with van der Waals surface area (Å²) in [6.07, 6.45) is 2.01. The molecule has 124 valence electrons. The quantitative estimate of drug-likeness (QED) is 0.890. The smallest absolute Gasteiger partial charge is 0.231 e. The van der Waals surface area contributed by atoms with Gasteiger partial charge in [-0.2, -0.15) is 5.10 Å². The Balaban J connectivity index is 1.62. The Morgan fingerprint density at radius 2 is 2.04 bits per heavy atom. The lowest BCUT2D eigenvalue weighted by Crippen LogP contribution is -2.24. The van der Waals surface area contributed by atoms with Gasteiger partial charge in [0.25, 0.3) is 0 Å². The van der Waals surface area contributed by atoms with Gasteiger partial charge in [-0.05, 0) is 50.9 Å². The summed E-state index contributed by atoms with van der Waals surface area (Å²) < 4.78 is 12.8. The van der Waals surface area contributed by atoms with Crippen LogP contribution in [-0.2, 0) is 13.5 Å². The van der Waals surface area contributed by atoms with E-state index in [1.807, 2.05) is 17.8 Å². The molecular formula is C18H25N3O2. The van der Waals surface area contributed by atoms with E-state index in [0.717, 1.165) is 36.6 Å². The largest absolute Gasteiger partial charge is 0.454 e. The molecule has 1 aliphatic rings. The highest BCUT2D eigenvalue weighted by Gasteiger charge is 2.18. The standard InChI is InChI=1S/C18H25N3O2/c1-5-15(18-12(2)20-21(4)13(18)3)19-9-8-14-6-7-16-17(10-14)23-11-22-16/h6-7,10,15,19H,5,8-9,11H2,1-4H3/t15-/m0/s1. The predicted molar refractivity (Wildman–Crippen MR) is 90.0 cm³/mol. The molecule has 1 aromatic heterocycles. The SMILES string of the molecule is CC[C@H](NCCc1ccc2c(c1)OCO2)c1c(C)nn(C)c1C. The number of fused-ring (bicyclic) bond motifs is 1. The first kappa shape index (κ1) is 15.9. The van der Waals surface area contributed by atoms with Crippen LogP contribution in [0.2, 0.25) is 0 Å². The van der Waals surface area contributed by atoms with Crippen LogP contribution in [0.1, 0.15) is 41.9 Å². The van der Waals surface area contributed by atoms with Crippen molar-refractivity contribution >= 4 is 0 Å². The maximum Gasteiger partial charge on any atom is 0.231 e. The molecule has 1 atom stereocenters. The molecule has 0 fully saturated rings. The summed E-state index contributed by atoms with van der Waals surface area (Å²) in [4.78, 5) is 0. The zero-order valence-electron chi connectivity index (χ0n) is 14.3. The number of nitrogens with one attached hydrogen (secondary N) is 1. The van der Waals surface area contributed by atoms with Crippen molar-refractivity contribution < 1.29 is 9.47 Å². The third-order valence-electron chi connectivity index (χ3n) is 4.56. The number of nitrogens with zero attached hydrogens (tertiary/aromatic N) is 2. The van der Waals surface area contributed by atoms with Crippen molar-refractivity contribution in [1.29, 1.82) is 0 Å². The molecular weight excluding hydrogens is 290 g/mol. The van der Waals surface area contributed by atoms with Gasteiger partial charge in [0.2, 0.25) is 6.79 Å². The van der Waals surface area contributed by atoms with Gasteiger partial charge >= 0.3 is 0 Å². The molecule has 0 saturated carbocycles. The molecule has 23 heavy (non-hydrogen) atoms. The van der Waals surface area contributed by atoms with Gasteiger partial charge < -0.3 is 14.8 Å². The Labute approximate surface area is 137 Å². The topological polar surface area (TPSA) is 48.3 Å². The lowest BCUT2D eigenvalue weighted by Gasteiger charge is -2.18. The van der Waals surface area contributed by atoms with Crippen molar-refractivity contribution in [2.24, 2.45) is 7.05 Å².